The van der Waals surface area contributed by atoms with Crippen LogP contribution in [0.5, 0.6) is 5.75 Å². The van der Waals surface area contributed by atoms with Crippen molar-refractivity contribution >= 4 is 46.5 Å². The topological polar surface area (TPSA) is 192 Å². The van der Waals surface area contributed by atoms with Crippen LogP contribution in [0.2, 0.25) is 0 Å². The predicted octanol–water partition coefficient (Wildman–Crippen LogP) is 0.0385. The monoisotopic (exact) mass is 560 g/mol. The minimum absolute atomic E-state index is 0.201. The molecule has 3 aliphatic carbocycles. The van der Waals surface area contributed by atoms with Gasteiger partial charge in [-0.05, 0) is 49.9 Å². The molecular weight excluding hydrogens is 532 g/mol. The number of benzene rings is 2. The number of Topliss-reactive ketones (excluding diaryl/α,β-unsaturated/α-hetero) is 5. The van der Waals surface area contributed by atoms with Gasteiger partial charge in [0.05, 0.1) is 29.5 Å². The molecule has 7 atom stereocenters. The molecule has 11 nitrogen and oxygen atoms in total. The summed E-state index contributed by atoms with van der Waals surface area (Å²) in [4.78, 5) is 80.3. The second kappa shape index (κ2) is 9.65. The van der Waals surface area contributed by atoms with E-state index in [-0.39, 0.29) is 22.5 Å². The summed E-state index contributed by atoms with van der Waals surface area (Å²) in [5, 5.41) is 34.4. The van der Waals surface area contributed by atoms with Gasteiger partial charge in [-0.1, -0.05) is 36.4 Å². The van der Waals surface area contributed by atoms with Gasteiger partial charge in [0.1, 0.15) is 5.75 Å². The van der Waals surface area contributed by atoms with Gasteiger partial charge in [-0.25, -0.2) is 0 Å². The van der Waals surface area contributed by atoms with Gasteiger partial charge >= 0.3 is 0 Å². The first-order valence-electron chi connectivity index (χ1n) is 12.9. The van der Waals surface area contributed by atoms with Gasteiger partial charge in [-0.3, -0.25) is 33.7 Å². The van der Waals surface area contributed by atoms with Gasteiger partial charge in [0.15, 0.2) is 40.4 Å². The number of ketones is 5. The molecule has 0 saturated heterocycles. The second-order valence-electron chi connectivity index (χ2n) is 11.0. The van der Waals surface area contributed by atoms with Crippen molar-refractivity contribution in [1.29, 1.82) is 0 Å². The minimum atomic E-state index is -3.10. The zero-order valence-electron chi connectivity index (χ0n) is 22.4. The highest BCUT2D eigenvalue weighted by atomic mass is 16.3. The van der Waals surface area contributed by atoms with Crippen LogP contribution in [-0.2, 0) is 19.2 Å². The standard InChI is InChI=1S/C30H28N2O9/c1-12(33)14-7-4-6-13(10-14)11-16-15-8-5-9-17(34)18(15)24(35)20-19(16)25(36)22-23(32(2)3)26(37)21(29(31)40)28(39)30(22,41)27(20)38/h4-11,19-23,25,34,36,41H,1-3H3,(H2,31,40)/t19-,20?,21?,22-,23+,25+,30+/m0/s1. The van der Waals surface area contributed by atoms with E-state index in [1.807, 2.05) is 0 Å². The molecule has 3 aliphatic rings. The molecule has 2 unspecified atom stereocenters. The molecule has 0 heterocycles. The van der Waals surface area contributed by atoms with Crippen LogP contribution >= 0.6 is 0 Å². The van der Waals surface area contributed by atoms with Gasteiger partial charge in [-0.2, -0.15) is 0 Å². The molecule has 212 valence electrons. The number of phenols is 1. The molecular formula is C30H28N2O9. The number of aliphatic hydroxyl groups is 2. The van der Waals surface area contributed by atoms with Crippen LogP contribution in [-0.4, -0.2) is 86.9 Å². The summed E-state index contributed by atoms with van der Waals surface area (Å²) in [7, 11) is 2.84. The summed E-state index contributed by atoms with van der Waals surface area (Å²) in [5.74, 6) is -13.9. The number of primary amides is 1. The molecule has 0 aliphatic heterocycles. The third kappa shape index (κ3) is 3.91. The lowest BCUT2D eigenvalue weighted by Crippen LogP contribution is -2.77. The van der Waals surface area contributed by atoms with Gasteiger partial charge in [0.2, 0.25) is 5.91 Å². The van der Waals surface area contributed by atoms with Crippen LogP contribution in [0.15, 0.2) is 42.5 Å². The normalized spacial score (nSPS) is 32.0. The Morgan fingerprint density at radius 3 is 2.29 bits per heavy atom. The zero-order valence-corrected chi connectivity index (χ0v) is 22.4. The summed E-state index contributed by atoms with van der Waals surface area (Å²) in [6, 6.07) is 9.21. The van der Waals surface area contributed by atoms with Gasteiger partial charge in [0.25, 0.3) is 0 Å². The maximum Gasteiger partial charge on any atom is 0.235 e. The highest BCUT2D eigenvalue weighted by molar-refractivity contribution is 6.33. The first kappa shape index (κ1) is 28.2. The Morgan fingerprint density at radius 2 is 1.68 bits per heavy atom. The summed E-state index contributed by atoms with van der Waals surface area (Å²) in [6.45, 7) is 1.39. The molecule has 5 rings (SSSR count). The summed E-state index contributed by atoms with van der Waals surface area (Å²) in [6.07, 6.45) is -0.266. The number of amides is 1. The molecule has 1 amide bonds. The summed E-state index contributed by atoms with van der Waals surface area (Å²) >= 11 is 0. The minimum Gasteiger partial charge on any atom is -0.507 e. The molecule has 2 aromatic carbocycles. The van der Waals surface area contributed by atoms with Gasteiger partial charge < -0.3 is 21.1 Å². The molecule has 2 saturated carbocycles. The van der Waals surface area contributed by atoms with Crippen molar-refractivity contribution in [3.05, 3.63) is 64.7 Å². The number of aliphatic hydroxyl groups excluding tert-OH is 1. The van der Waals surface area contributed by atoms with Crippen LogP contribution in [0.25, 0.3) is 11.6 Å². The van der Waals surface area contributed by atoms with E-state index in [2.05, 4.69) is 0 Å². The van der Waals surface area contributed by atoms with Crippen LogP contribution in [0.4, 0.5) is 0 Å². The van der Waals surface area contributed by atoms with E-state index in [0.29, 0.717) is 11.1 Å². The van der Waals surface area contributed by atoms with E-state index in [4.69, 9.17) is 5.73 Å². The van der Waals surface area contributed by atoms with Crippen molar-refractivity contribution in [2.45, 2.75) is 24.7 Å². The quantitative estimate of drug-likeness (QED) is 0.293. The summed E-state index contributed by atoms with van der Waals surface area (Å²) < 4.78 is 0. The third-order valence-electron chi connectivity index (χ3n) is 8.49. The number of carbonyl (C=O) groups is 6. The fourth-order valence-corrected chi connectivity index (χ4v) is 6.70. The van der Waals surface area contributed by atoms with Crippen molar-refractivity contribution in [3.8, 4) is 5.75 Å². The first-order chi connectivity index (χ1) is 19.2. The summed E-state index contributed by atoms with van der Waals surface area (Å²) in [5.41, 5.74) is 3.27. The Labute approximate surface area is 234 Å². The molecule has 0 spiro atoms. The molecule has 0 bridgehead atoms. The molecule has 5 N–H and O–H groups in total. The van der Waals surface area contributed by atoms with E-state index in [9.17, 15) is 44.1 Å². The van der Waals surface area contributed by atoms with E-state index >= 15 is 0 Å². The third-order valence-corrected chi connectivity index (χ3v) is 8.49. The second-order valence-corrected chi connectivity index (χ2v) is 11.0. The largest absolute Gasteiger partial charge is 0.507 e. The van der Waals surface area contributed by atoms with Crippen molar-refractivity contribution in [1.82, 2.24) is 4.90 Å². The lowest BCUT2D eigenvalue weighted by Gasteiger charge is -2.55. The van der Waals surface area contributed by atoms with Crippen molar-refractivity contribution in [2.75, 3.05) is 14.1 Å². The Hall–Kier alpha value is -4.32. The molecule has 41 heavy (non-hydrogen) atoms. The zero-order chi connectivity index (χ0) is 30.1. The highest BCUT2D eigenvalue weighted by Crippen LogP contribution is 2.54. The van der Waals surface area contributed by atoms with Crippen molar-refractivity contribution in [3.63, 3.8) is 0 Å². The molecule has 0 aromatic heterocycles. The average Bonchev–Trinajstić information content (AvgIpc) is 2.90. The Kier molecular flexibility index (Phi) is 6.64. The number of rotatable bonds is 4. The van der Waals surface area contributed by atoms with Gasteiger partial charge in [0, 0.05) is 11.5 Å². The van der Waals surface area contributed by atoms with Crippen LogP contribution in [0.3, 0.4) is 0 Å². The van der Waals surface area contributed by atoms with Crippen molar-refractivity contribution < 1.29 is 44.1 Å². The lowest BCUT2D eigenvalue weighted by atomic mass is 9.50. The smallest absolute Gasteiger partial charge is 0.235 e. The number of hydrogen-bond donors (Lipinski definition) is 4. The number of carbonyl (C=O) groups excluding carboxylic acids is 6. The average molecular weight is 561 g/mol. The number of nitrogens with zero attached hydrogens (tertiary/aromatic N) is 1. The molecule has 2 fully saturated rings. The number of fused-ring (bicyclic) bond motifs is 3. The van der Waals surface area contributed by atoms with Crippen molar-refractivity contribution in [2.24, 2.45) is 29.4 Å². The van der Waals surface area contributed by atoms with Crippen LogP contribution in [0, 0.1) is 23.7 Å². The Balaban J connectivity index is 1.80. The predicted molar refractivity (Wildman–Crippen MR) is 143 cm³/mol. The number of likely N-dealkylation sites (N-methyl/N-ethyl adjacent to an activating group) is 1. The lowest BCUT2D eigenvalue weighted by molar-refractivity contribution is -0.192. The van der Waals surface area contributed by atoms with E-state index < -0.39 is 76.2 Å². The van der Waals surface area contributed by atoms with Gasteiger partial charge in [-0.15, -0.1) is 0 Å². The number of phenolic OH excluding ortho intramolecular Hbond substituents is 1. The van der Waals surface area contributed by atoms with E-state index in [1.54, 1.807) is 30.3 Å². The van der Waals surface area contributed by atoms with E-state index in [1.165, 1.54) is 44.1 Å². The number of aromatic hydroxyl groups is 1. The van der Waals surface area contributed by atoms with Crippen LogP contribution in [0.1, 0.15) is 38.8 Å². The number of hydrogen-bond acceptors (Lipinski definition) is 10. The maximum atomic E-state index is 14.1. The Bertz CT molecular complexity index is 1590. The van der Waals surface area contributed by atoms with Crippen LogP contribution < -0.4 is 5.73 Å². The molecule has 2 aromatic rings. The SMILES string of the molecule is CC(=O)c1cccc(C=C2c3cccc(O)c3C(=O)C3C(=O)[C@@]4(O)C(=O)C(C(N)=O)C(=O)[C@H](N(C)C)[C@H]4[C@H](O)[C@@H]23)c1. The fourth-order valence-electron chi connectivity index (χ4n) is 6.70. The molecule has 0 radical (unpaired) electrons. The Morgan fingerprint density at radius 1 is 1.02 bits per heavy atom. The highest BCUT2D eigenvalue weighted by Gasteiger charge is 2.72. The van der Waals surface area contributed by atoms with E-state index in [0.717, 1.165) is 0 Å². The fraction of sp³-hybridized carbons (Fsp3) is 0.333. The molecule has 11 heteroatoms. The first-order valence-corrected chi connectivity index (χ1v) is 12.9. The number of nitrogens with two attached hydrogens (primary N) is 1. The maximum absolute atomic E-state index is 14.1.